The number of hydrogen-bond donors (Lipinski definition) is 1. The van der Waals surface area contributed by atoms with Gasteiger partial charge in [0.25, 0.3) is 0 Å². The van der Waals surface area contributed by atoms with Gasteiger partial charge in [-0.25, -0.2) is 0 Å². The van der Waals surface area contributed by atoms with Crippen molar-refractivity contribution in [3.63, 3.8) is 0 Å². The number of benzene rings is 2. The number of nitrogens with zero attached hydrogens (tertiary/aromatic N) is 1. The molecule has 4 heteroatoms. The number of phenolic OH excluding ortho intramolecular Hbond substituents is 1. The minimum Gasteiger partial charge on any atom is -0.507 e. The summed E-state index contributed by atoms with van der Waals surface area (Å²) in [5.41, 5.74) is 4.36. The van der Waals surface area contributed by atoms with E-state index in [4.69, 9.17) is 12.2 Å². The van der Waals surface area contributed by atoms with Gasteiger partial charge in [0.1, 0.15) is 5.75 Å². The molecule has 0 fully saturated rings. The van der Waals surface area contributed by atoms with Gasteiger partial charge in [0.05, 0.1) is 16.8 Å². The van der Waals surface area contributed by atoms with Crippen LogP contribution in [0, 0.1) is 3.95 Å². The van der Waals surface area contributed by atoms with Crippen molar-refractivity contribution in [1.82, 2.24) is 4.57 Å². The Morgan fingerprint density at radius 1 is 1.08 bits per heavy atom. The van der Waals surface area contributed by atoms with Crippen LogP contribution in [0.2, 0.25) is 0 Å². The highest BCUT2D eigenvalue weighted by Gasteiger charge is 2.16. The largest absolute Gasteiger partial charge is 0.507 e. The molecule has 0 atom stereocenters. The minimum atomic E-state index is 0.287. The van der Waals surface area contributed by atoms with Crippen molar-refractivity contribution in [2.75, 3.05) is 0 Å². The minimum absolute atomic E-state index is 0.287. The van der Waals surface area contributed by atoms with E-state index in [1.165, 1.54) is 10.3 Å². The third kappa shape index (κ3) is 3.13. The SMILES string of the molecule is CC(C)c1cc(Cn2c(=S)sc3ccccc32)c(O)c(C(C)C)c1. The molecule has 1 N–H and O–H groups in total. The Hall–Kier alpha value is -1.65. The number of hydrogen-bond acceptors (Lipinski definition) is 3. The first-order chi connectivity index (χ1) is 11.4. The molecule has 3 rings (SSSR count). The fraction of sp³-hybridized carbons (Fsp3) is 0.350. The smallest absolute Gasteiger partial charge is 0.162 e. The number of thiazole rings is 1. The zero-order valence-electron chi connectivity index (χ0n) is 14.5. The van der Waals surface area contributed by atoms with Crippen LogP contribution in [0.25, 0.3) is 10.2 Å². The van der Waals surface area contributed by atoms with E-state index in [2.05, 4.69) is 56.5 Å². The molecule has 0 spiro atoms. The van der Waals surface area contributed by atoms with Crippen LogP contribution >= 0.6 is 23.6 Å². The van der Waals surface area contributed by atoms with E-state index in [-0.39, 0.29) is 5.92 Å². The fourth-order valence-corrected chi connectivity index (χ4v) is 4.30. The van der Waals surface area contributed by atoms with Gasteiger partial charge in [-0.1, -0.05) is 52.0 Å². The van der Waals surface area contributed by atoms with Crippen molar-refractivity contribution in [1.29, 1.82) is 0 Å². The molecule has 0 aliphatic heterocycles. The normalized spacial score (nSPS) is 11.8. The summed E-state index contributed by atoms with van der Waals surface area (Å²) in [6.07, 6.45) is 0. The van der Waals surface area contributed by atoms with Gasteiger partial charge in [-0.15, -0.1) is 11.3 Å². The molecule has 2 nitrogen and oxygen atoms in total. The molecule has 0 unspecified atom stereocenters. The fourth-order valence-electron chi connectivity index (χ4n) is 2.97. The summed E-state index contributed by atoms with van der Waals surface area (Å²) < 4.78 is 4.15. The van der Waals surface area contributed by atoms with Crippen molar-refractivity contribution in [3.05, 3.63) is 57.0 Å². The van der Waals surface area contributed by atoms with Crippen LogP contribution in [0.5, 0.6) is 5.75 Å². The lowest BCUT2D eigenvalue weighted by molar-refractivity contribution is 0.455. The molecule has 0 bridgehead atoms. The van der Waals surface area contributed by atoms with Crippen LogP contribution in [0.4, 0.5) is 0 Å². The summed E-state index contributed by atoms with van der Waals surface area (Å²) in [5, 5.41) is 10.8. The highest BCUT2D eigenvalue weighted by molar-refractivity contribution is 7.73. The maximum atomic E-state index is 10.8. The molecule has 126 valence electrons. The summed E-state index contributed by atoms with van der Waals surface area (Å²) >= 11 is 7.19. The van der Waals surface area contributed by atoms with Crippen LogP contribution in [0.1, 0.15) is 56.2 Å². The van der Waals surface area contributed by atoms with Crippen molar-refractivity contribution in [2.45, 2.75) is 46.1 Å². The van der Waals surface area contributed by atoms with E-state index in [0.29, 0.717) is 18.2 Å². The highest BCUT2D eigenvalue weighted by Crippen LogP contribution is 2.34. The molecular weight excluding hydrogens is 334 g/mol. The Kier molecular flexibility index (Phi) is 4.79. The molecule has 3 aromatic rings. The number of fused-ring (bicyclic) bond motifs is 1. The molecule has 0 aliphatic carbocycles. The summed E-state index contributed by atoms with van der Waals surface area (Å²) in [6.45, 7) is 9.22. The molecule has 1 aromatic heterocycles. The van der Waals surface area contributed by atoms with Crippen molar-refractivity contribution in [3.8, 4) is 5.75 Å². The summed E-state index contributed by atoms with van der Waals surface area (Å²) in [5.74, 6) is 1.12. The Labute approximate surface area is 152 Å². The Morgan fingerprint density at radius 2 is 1.79 bits per heavy atom. The highest BCUT2D eigenvalue weighted by atomic mass is 32.1. The van der Waals surface area contributed by atoms with Gasteiger partial charge in [-0.2, -0.15) is 0 Å². The van der Waals surface area contributed by atoms with Gasteiger partial charge in [0.2, 0.25) is 0 Å². The van der Waals surface area contributed by atoms with E-state index >= 15 is 0 Å². The molecule has 0 aliphatic rings. The zero-order chi connectivity index (χ0) is 17.4. The monoisotopic (exact) mass is 357 g/mol. The first-order valence-electron chi connectivity index (χ1n) is 8.32. The third-order valence-corrected chi connectivity index (χ3v) is 5.86. The van der Waals surface area contributed by atoms with Gasteiger partial charge in [0.15, 0.2) is 3.95 Å². The molecule has 0 amide bonds. The topological polar surface area (TPSA) is 25.2 Å². The number of rotatable bonds is 4. The second-order valence-electron chi connectivity index (χ2n) is 6.85. The Balaban J connectivity index is 2.15. The summed E-state index contributed by atoms with van der Waals surface area (Å²) in [6, 6.07) is 12.5. The second kappa shape index (κ2) is 6.69. The van der Waals surface area contributed by atoms with Crippen molar-refractivity contribution in [2.24, 2.45) is 0 Å². The van der Waals surface area contributed by atoms with Crippen molar-refractivity contribution >= 4 is 33.8 Å². The maximum Gasteiger partial charge on any atom is 0.162 e. The number of aromatic hydroxyl groups is 1. The van der Waals surface area contributed by atoms with E-state index in [1.54, 1.807) is 11.3 Å². The maximum absolute atomic E-state index is 10.8. The molecule has 24 heavy (non-hydrogen) atoms. The predicted molar refractivity (Wildman–Crippen MR) is 106 cm³/mol. The zero-order valence-corrected chi connectivity index (χ0v) is 16.2. The van der Waals surface area contributed by atoms with E-state index < -0.39 is 0 Å². The Bertz CT molecular complexity index is 934. The number of para-hydroxylation sites is 1. The second-order valence-corrected chi connectivity index (χ2v) is 8.52. The lowest BCUT2D eigenvalue weighted by Gasteiger charge is -2.18. The van der Waals surface area contributed by atoms with E-state index in [0.717, 1.165) is 20.6 Å². The molecule has 0 saturated heterocycles. The molecule has 0 radical (unpaired) electrons. The lowest BCUT2D eigenvalue weighted by Crippen LogP contribution is -2.04. The van der Waals surface area contributed by atoms with Crippen LogP contribution in [-0.4, -0.2) is 9.67 Å². The third-order valence-electron chi connectivity index (χ3n) is 4.43. The van der Waals surface area contributed by atoms with E-state index in [9.17, 15) is 5.11 Å². The summed E-state index contributed by atoms with van der Waals surface area (Å²) in [4.78, 5) is 0. The Morgan fingerprint density at radius 3 is 2.46 bits per heavy atom. The summed E-state index contributed by atoms with van der Waals surface area (Å²) in [7, 11) is 0. The standard InChI is InChI=1S/C20H23NOS2/c1-12(2)14-9-15(19(22)16(10-14)13(3)4)11-21-17-7-5-6-8-18(17)24-20(21)23/h5-10,12-13,22H,11H2,1-4H3. The van der Waals surface area contributed by atoms with Gasteiger partial charge >= 0.3 is 0 Å². The molecule has 2 aromatic carbocycles. The first kappa shape index (κ1) is 17.2. The lowest BCUT2D eigenvalue weighted by atomic mass is 9.92. The number of aromatic nitrogens is 1. The van der Waals surface area contributed by atoms with E-state index in [1.807, 2.05) is 12.1 Å². The molecule has 0 saturated carbocycles. The quantitative estimate of drug-likeness (QED) is 0.544. The van der Waals surface area contributed by atoms with Crippen LogP contribution in [-0.2, 0) is 6.54 Å². The van der Waals surface area contributed by atoms with Gasteiger partial charge in [0, 0.05) is 5.56 Å². The van der Waals surface area contributed by atoms with Gasteiger partial charge < -0.3 is 9.67 Å². The van der Waals surface area contributed by atoms with Crippen molar-refractivity contribution < 1.29 is 5.11 Å². The van der Waals surface area contributed by atoms with Gasteiger partial charge in [-0.05, 0) is 47.3 Å². The van der Waals surface area contributed by atoms with Crippen LogP contribution in [0.15, 0.2) is 36.4 Å². The molecular formula is C20H23NOS2. The van der Waals surface area contributed by atoms with Crippen LogP contribution in [0.3, 0.4) is 0 Å². The predicted octanol–water partition coefficient (Wildman–Crippen LogP) is 6.43. The average Bonchev–Trinajstić information content (AvgIpc) is 2.84. The molecule has 1 heterocycles. The van der Waals surface area contributed by atoms with Gasteiger partial charge in [-0.3, -0.25) is 0 Å². The first-order valence-corrected chi connectivity index (χ1v) is 9.55. The number of phenols is 1. The average molecular weight is 358 g/mol. The van der Waals surface area contributed by atoms with Crippen LogP contribution < -0.4 is 0 Å².